The van der Waals surface area contributed by atoms with Crippen LogP contribution >= 0.6 is 0 Å². The maximum atomic E-state index is 10.4. The van der Waals surface area contributed by atoms with Gasteiger partial charge in [0.05, 0.1) is 0 Å². The number of phenols is 1. The molecule has 0 aromatic heterocycles. The summed E-state index contributed by atoms with van der Waals surface area (Å²) < 4.78 is 0. The Morgan fingerprint density at radius 2 is 1.65 bits per heavy atom. The number of hydrogen-bond donors (Lipinski definition) is 1. The third-order valence-corrected chi connectivity index (χ3v) is 2.49. The van der Waals surface area contributed by atoms with Crippen LogP contribution in [0.15, 0.2) is 54.6 Å². The molecule has 0 amide bonds. The van der Waals surface area contributed by atoms with Gasteiger partial charge in [0.25, 0.3) is 0 Å². The lowest BCUT2D eigenvalue weighted by Gasteiger charge is -2.06. The van der Waals surface area contributed by atoms with Crippen molar-refractivity contribution in [2.75, 3.05) is 0 Å². The molecular formula is C15H12O2. The molecule has 2 rings (SSSR count). The molecule has 0 saturated heterocycles. The lowest BCUT2D eigenvalue weighted by Crippen LogP contribution is -1.82. The molecule has 2 nitrogen and oxygen atoms in total. The van der Waals surface area contributed by atoms with E-state index in [0.29, 0.717) is 0 Å². The summed E-state index contributed by atoms with van der Waals surface area (Å²) in [7, 11) is 0. The number of phenolic OH excluding ortho intramolecular Hbond substituents is 1. The number of allylic oxidation sites excluding steroid dienone is 1. The Balaban J connectivity index is 2.47. The minimum atomic E-state index is 0.245. The molecule has 0 saturated carbocycles. The van der Waals surface area contributed by atoms with Crippen molar-refractivity contribution in [2.45, 2.75) is 0 Å². The summed E-state index contributed by atoms with van der Waals surface area (Å²) >= 11 is 0. The second kappa shape index (κ2) is 5.12. The standard InChI is InChI=1S/C15H12O2/c16-11-3-5-12-4-1-2-6-15(12)13-7-9-14(17)10-8-13/h1-11,17H. The van der Waals surface area contributed by atoms with Crippen molar-refractivity contribution in [3.63, 3.8) is 0 Å². The smallest absolute Gasteiger partial charge is 0.142 e. The molecule has 2 aromatic carbocycles. The van der Waals surface area contributed by atoms with Crippen LogP contribution in [0.4, 0.5) is 0 Å². The van der Waals surface area contributed by atoms with Crippen LogP contribution in [-0.4, -0.2) is 11.4 Å². The van der Waals surface area contributed by atoms with Gasteiger partial charge in [-0.05, 0) is 34.9 Å². The van der Waals surface area contributed by atoms with Crippen molar-refractivity contribution < 1.29 is 9.90 Å². The molecule has 0 radical (unpaired) electrons. The predicted octanol–water partition coefficient (Wildman–Crippen LogP) is 3.27. The zero-order chi connectivity index (χ0) is 12.1. The predicted molar refractivity (Wildman–Crippen MR) is 68.6 cm³/mol. The molecule has 2 aromatic rings. The van der Waals surface area contributed by atoms with Gasteiger partial charge in [-0.25, -0.2) is 0 Å². The largest absolute Gasteiger partial charge is 0.508 e. The highest BCUT2D eigenvalue weighted by Crippen LogP contribution is 2.26. The van der Waals surface area contributed by atoms with E-state index in [9.17, 15) is 9.90 Å². The second-order valence-corrected chi connectivity index (χ2v) is 3.63. The van der Waals surface area contributed by atoms with E-state index in [0.717, 1.165) is 23.0 Å². The Bertz CT molecular complexity index is 539. The average molecular weight is 224 g/mol. The number of carbonyl (C=O) groups excluding carboxylic acids is 1. The normalized spacial score (nSPS) is 10.6. The van der Waals surface area contributed by atoms with Gasteiger partial charge in [0.1, 0.15) is 12.0 Å². The maximum absolute atomic E-state index is 10.4. The number of carbonyl (C=O) groups is 1. The van der Waals surface area contributed by atoms with Crippen molar-refractivity contribution in [1.29, 1.82) is 0 Å². The zero-order valence-corrected chi connectivity index (χ0v) is 9.21. The minimum Gasteiger partial charge on any atom is -0.508 e. The first-order valence-electron chi connectivity index (χ1n) is 5.31. The van der Waals surface area contributed by atoms with Crippen LogP contribution in [0.2, 0.25) is 0 Å². The number of aldehydes is 1. The van der Waals surface area contributed by atoms with Gasteiger partial charge in [-0.3, -0.25) is 4.79 Å². The summed E-state index contributed by atoms with van der Waals surface area (Å²) in [5.74, 6) is 0.245. The first-order chi connectivity index (χ1) is 8.31. The van der Waals surface area contributed by atoms with E-state index in [2.05, 4.69) is 0 Å². The van der Waals surface area contributed by atoms with Gasteiger partial charge in [-0.15, -0.1) is 0 Å². The van der Waals surface area contributed by atoms with Gasteiger partial charge in [-0.1, -0.05) is 42.5 Å². The highest BCUT2D eigenvalue weighted by molar-refractivity contribution is 5.81. The summed E-state index contributed by atoms with van der Waals surface area (Å²) in [5.41, 5.74) is 3.02. The molecule has 0 spiro atoms. The Morgan fingerprint density at radius 3 is 2.35 bits per heavy atom. The van der Waals surface area contributed by atoms with Gasteiger partial charge in [0.15, 0.2) is 0 Å². The molecule has 0 aliphatic rings. The lowest BCUT2D eigenvalue weighted by atomic mass is 9.99. The van der Waals surface area contributed by atoms with Crippen molar-refractivity contribution in [3.05, 3.63) is 60.2 Å². The lowest BCUT2D eigenvalue weighted by molar-refractivity contribution is -0.104. The van der Waals surface area contributed by atoms with E-state index in [1.807, 2.05) is 36.4 Å². The summed E-state index contributed by atoms with van der Waals surface area (Å²) in [6.45, 7) is 0. The summed E-state index contributed by atoms with van der Waals surface area (Å²) in [4.78, 5) is 10.4. The van der Waals surface area contributed by atoms with Crippen LogP contribution < -0.4 is 0 Å². The fraction of sp³-hybridized carbons (Fsp3) is 0. The third-order valence-electron chi connectivity index (χ3n) is 2.49. The van der Waals surface area contributed by atoms with Crippen LogP contribution in [-0.2, 0) is 4.79 Å². The first kappa shape index (κ1) is 11.1. The molecule has 1 N–H and O–H groups in total. The Hall–Kier alpha value is -2.35. The topological polar surface area (TPSA) is 37.3 Å². The molecule has 2 heteroatoms. The highest BCUT2D eigenvalue weighted by atomic mass is 16.3. The minimum absolute atomic E-state index is 0.245. The van der Waals surface area contributed by atoms with Crippen molar-refractivity contribution in [1.82, 2.24) is 0 Å². The Kier molecular flexibility index (Phi) is 3.36. The van der Waals surface area contributed by atoms with E-state index < -0.39 is 0 Å². The molecular weight excluding hydrogens is 212 g/mol. The summed E-state index contributed by atoms with van der Waals surface area (Å²) in [6, 6.07) is 14.8. The Morgan fingerprint density at radius 1 is 0.941 bits per heavy atom. The fourth-order valence-corrected chi connectivity index (χ4v) is 1.69. The molecule has 0 atom stereocenters. The van der Waals surface area contributed by atoms with Gasteiger partial charge in [0, 0.05) is 0 Å². The second-order valence-electron chi connectivity index (χ2n) is 3.63. The highest BCUT2D eigenvalue weighted by Gasteiger charge is 2.01. The third kappa shape index (κ3) is 2.61. The van der Waals surface area contributed by atoms with Gasteiger partial charge < -0.3 is 5.11 Å². The van der Waals surface area contributed by atoms with Crippen LogP contribution in [0.3, 0.4) is 0 Å². The molecule has 84 valence electrons. The number of rotatable bonds is 3. The number of aromatic hydroxyl groups is 1. The Labute approximate surface area is 99.8 Å². The van der Waals surface area contributed by atoms with E-state index in [1.54, 1.807) is 18.2 Å². The quantitative estimate of drug-likeness (QED) is 0.641. The fourth-order valence-electron chi connectivity index (χ4n) is 1.69. The van der Waals surface area contributed by atoms with Crippen molar-refractivity contribution in [3.8, 4) is 16.9 Å². The van der Waals surface area contributed by atoms with E-state index >= 15 is 0 Å². The van der Waals surface area contributed by atoms with Gasteiger partial charge >= 0.3 is 0 Å². The zero-order valence-electron chi connectivity index (χ0n) is 9.21. The summed E-state index contributed by atoms with van der Waals surface area (Å²) in [6.07, 6.45) is 4.00. The maximum Gasteiger partial charge on any atom is 0.142 e. The molecule has 0 bridgehead atoms. The average Bonchev–Trinajstić information content (AvgIpc) is 2.38. The molecule has 0 fully saturated rings. The number of hydrogen-bond acceptors (Lipinski definition) is 2. The van der Waals surface area contributed by atoms with Crippen molar-refractivity contribution >= 4 is 12.4 Å². The number of benzene rings is 2. The molecule has 0 unspecified atom stereocenters. The SMILES string of the molecule is O=CC=Cc1ccccc1-c1ccc(O)cc1. The molecule has 0 heterocycles. The molecule has 17 heavy (non-hydrogen) atoms. The van der Waals surface area contributed by atoms with E-state index in [1.165, 1.54) is 6.08 Å². The van der Waals surface area contributed by atoms with Crippen molar-refractivity contribution in [2.24, 2.45) is 0 Å². The van der Waals surface area contributed by atoms with Crippen LogP contribution in [0, 0.1) is 0 Å². The molecule has 0 aliphatic heterocycles. The monoisotopic (exact) mass is 224 g/mol. The van der Waals surface area contributed by atoms with Crippen LogP contribution in [0.25, 0.3) is 17.2 Å². The van der Waals surface area contributed by atoms with Crippen LogP contribution in [0.5, 0.6) is 5.75 Å². The summed E-state index contributed by atoms with van der Waals surface area (Å²) in [5, 5.41) is 9.25. The van der Waals surface area contributed by atoms with E-state index in [4.69, 9.17) is 0 Å². The molecule has 0 aliphatic carbocycles. The van der Waals surface area contributed by atoms with Gasteiger partial charge in [0.2, 0.25) is 0 Å². The van der Waals surface area contributed by atoms with Crippen LogP contribution in [0.1, 0.15) is 5.56 Å². The van der Waals surface area contributed by atoms with Gasteiger partial charge in [-0.2, -0.15) is 0 Å². The van der Waals surface area contributed by atoms with E-state index in [-0.39, 0.29) is 5.75 Å². The first-order valence-corrected chi connectivity index (χ1v) is 5.31.